The first-order valence-corrected chi connectivity index (χ1v) is 14.4. The number of methoxy groups -OCH3 is 1. The molecule has 40 heavy (non-hydrogen) atoms. The Morgan fingerprint density at radius 3 is 2.27 bits per heavy atom. The van der Waals surface area contributed by atoms with Crippen LogP contribution in [0.5, 0.6) is 5.75 Å². The molecule has 2 aliphatic rings. The van der Waals surface area contributed by atoms with Gasteiger partial charge in [-0.2, -0.15) is 0 Å². The van der Waals surface area contributed by atoms with Crippen LogP contribution in [0.4, 0.5) is 0 Å². The van der Waals surface area contributed by atoms with E-state index in [1.165, 1.54) is 5.56 Å². The lowest BCUT2D eigenvalue weighted by molar-refractivity contribution is -0.157. The van der Waals surface area contributed by atoms with Gasteiger partial charge in [-0.15, -0.1) is 0 Å². The molecule has 7 nitrogen and oxygen atoms in total. The molecule has 0 aromatic heterocycles. The summed E-state index contributed by atoms with van der Waals surface area (Å²) in [6.45, 7) is 15.7. The molecule has 2 saturated heterocycles. The summed E-state index contributed by atoms with van der Waals surface area (Å²) in [6.07, 6.45) is 0.141. The van der Waals surface area contributed by atoms with E-state index in [0.29, 0.717) is 13.2 Å². The number of carbonyl (C=O) groups excluding carboxylic acids is 1. The lowest BCUT2D eigenvalue weighted by Gasteiger charge is -2.35. The fourth-order valence-electron chi connectivity index (χ4n) is 6.50. The Kier molecular flexibility index (Phi) is 8.67. The monoisotopic (exact) mass is 550 g/mol. The maximum Gasteiger partial charge on any atom is 0.326 e. The third-order valence-corrected chi connectivity index (χ3v) is 8.62. The van der Waals surface area contributed by atoms with E-state index >= 15 is 0 Å². The fourth-order valence-corrected chi connectivity index (χ4v) is 6.50. The van der Waals surface area contributed by atoms with Gasteiger partial charge in [0.15, 0.2) is 0 Å². The molecule has 0 aliphatic carbocycles. The topological polar surface area (TPSA) is 88.1 Å². The van der Waals surface area contributed by atoms with Crippen molar-refractivity contribution < 1.29 is 24.2 Å². The molecule has 1 amide bonds. The molecule has 2 aromatic rings. The van der Waals surface area contributed by atoms with Crippen LogP contribution in [-0.4, -0.2) is 53.8 Å². The molecular formula is C33H46N2O5. The van der Waals surface area contributed by atoms with Gasteiger partial charge in [-0.1, -0.05) is 90.9 Å². The largest absolute Gasteiger partial charge is 0.496 e. The molecule has 0 saturated carbocycles. The van der Waals surface area contributed by atoms with Gasteiger partial charge in [0.25, 0.3) is 5.91 Å². The zero-order valence-corrected chi connectivity index (χ0v) is 25.2. The quantitative estimate of drug-likeness (QED) is 0.468. The van der Waals surface area contributed by atoms with Crippen molar-refractivity contribution in [1.82, 2.24) is 10.2 Å². The third kappa shape index (κ3) is 5.91. The smallest absolute Gasteiger partial charge is 0.326 e. The molecule has 2 aromatic carbocycles. The van der Waals surface area contributed by atoms with E-state index in [9.17, 15) is 14.7 Å². The summed E-state index contributed by atoms with van der Waals surface area (Å²) in [7, 11) is 1.67. The molecule has 2 fully saturated rings. The van der Waals surface area contributed by atoms with Gasteiger partial charge >= 0.3 is 5.97 Å². The highest BCUT2D eigenvalue weighted by Gasteiger charge is 2.59. The van der Waals surface area contributed by atoms with E-state index < -0.39 is 29.6 Å². The predicted octanol–water partition coefficient (Wildman–Crippen LogP) is 5.57. The van der Waals surface area contributed by atoms with Crippen molar-refractivity contribution in [3.63, 3.8) is 0 Å². The molecule has 2 aliphatic heterocycles. The second-order valence-corrected chi connectivity index (χ2v) is 13.5. The van der Waals surface area contributed by atoms with E-state index in [-0.39, 0.29) is 29.2 Å². The lowest BCUT2D eigenvalue weighted by atomic mass is 9.72. The second-order valence-electron chi connectivity index (χ2n) is 13.5. The summed E-state index contributed by atoms with van der Waals surface area (Å²) in [4.78, 5) is 28.9. The van der Waals surface area contributed by atoms with Gasteiger partial charge in [-0.05, 0) is 40.4 Å². The van der Waals surface area contributed by atoms with Gasteiger partial charge < -0.3 is 24.8 Å². The van der Waals surface area contributed by atoms with Gasteiger partial charge in [-0.3, -0.25) is 4.79 Å². The Labute approximate surface area is 239 Å². The normalized spacial score (nSPS) is 27.1. The van der Waals surface area contributed by atoms with Crippen LogP contribution in [0.15, 0.2) is 48.5 Å². The zero-order chi connectivity index (χ0) is 29.4. The minimum Gasteiger partial charge on any atom is -0.496 e. The first-order chi connectivity index (χ1) is 18.8. The Morgan fingerprint density at radius 2 is 1.75 bits per heavy atom. The second kappa shape index (κ2) is 11.5. The van der Waals surface area contributed by atoms with E-state index in [1.807, 2.05) is 43.3 Å². The minimum atomic E-state index is -1.01. The average molecular weight is 551 g/mol. The summed E-state index contributed by atoms with van der Waals surface area (Å²) in [5.74, 6) is -0.790. The van der Waals surface area contributed by atoms with E-state index in [0.717, 1.165) is 23.3 Å². The van der Waals surface area contributed by atoms with Gasteiger partial charge in [0.05, 0.1) is 13.2 Å². The summed E-state index contributed by atoms with van der Waals surface area (Å²) in [5, 5.41) is 14.4. The number of benzene rings is 2. The number of likely N-dealkylation sites (tertiary alicyclic amines) is 1. The van der Waals surface area contributed by atoms with Gasteiger partial charge in [0.1, 0.15) is 17.9 Å². The van der Waals surface area contributed by atoms with Gasteiger partial charge in [0.2, 0.25) is 0 Å². The number of ether oxygens (including phenoxy) is 2. The molecule has 0 bridgehead atoms. The molecule has 6 atom stereocenters. The lowest BCUT2D eigenvalue weighted by Crippen LogP contribution is -2.51. The summed E-state index contributed by atoms with van der Waals surface area (Å²) in [5.41, 5.74) is 2.65. The molecule has 0 unspecified atom stereocenters. The minimum absolute atomic E-state index is 0.0304. The van der Waals surface area contributed by atoms with E-state index in [1.54, 1.807) is 12.0 Å². The first kappa shape index (κ1) is 30.1. The molecule has 0 radical (unpaired) electrons. The zero-order valence-electron chi connectivity index (χ0n) is 25.2. The summed E-state index contributed by atoms with van der Waals surface area (Å²) >= 11 is 0. The van der Waals surface area contributed by atoms with Crippen molar-refractivity contribution in [3.05, 3.63) is 65.2 Å². The molecule has 218 valence electrons. The summed E-state index contributed by atoms with van der Waals surface area (Å²) < 4.78 is 11.6. The van der Waals surface area contributed by atoms with Crippen LogP contribution in [0.3, 0.4) is 0 Å². The number of amides is 1. The van der Waals surface area contributed by atoms with Crippen molar-refractivity contribution in [1.29, 1.82) is 0 Å². The molecule has 4 rings (SSSR count). The van der Waals surface area contributed by atoms with Crippen molar-refractivity contribution >= 4 is 11.9 Å². The number of nitrogens with zero attached hydrogens (tertiary/aromatic N) is 1. The van der Waals surface area contributed by atoms with Crippen molar-refractivity contribution in [3.8, 4) is 5.75 Å². The van der Waals surface area contributed by atoms with Crippen LogP contribution >= 0.6 is 0 Å². The van der Waals surface area contributed by atoms with Crippen LogP contribution < -0.4 is 10.1 Å². The first-order valence-electron chi connectivity index (χ1n) is 14.4. The highest BCUT2D eigenvalue weighted by Crippen LogP contribution is 2.49. The maximum atomic E-state index is 14.2. The highest BCUT2D eigenvalue weighted by molar-refractivity contribution is 5.88. The average Bonchev–Trinajstić information content (AvgIpc) is 3.48. The molecule has 2 N–H and O–H groups in total. The SMILES string of the molecule is COc1ccc(C(C)(C)C)cc1CN[C@H]1[C@H](C(C)(C)C)[C@@H](C(=O)O)N(C(=O)[C@H]2OCC[C@H]2C)[C@H]1c1ccccc1. The number of hydrogen-bond acceptors (Lipinski definition) is 5. The van der Waals surface area contributed by atoms with Crippen LogP contribution in [0, 0.1) is 17.3 Å². The Hall–Kier alpha value is -2.90. The van der Waals surface area contributed by atoms with Crippen LogP contribution in [0.2, 0.25) is 0 Å². The standard InChI is InChI=1S/C33H46N2O5/c1-20-16-17-40-29(20)30(36)35-27(21-12-10-9-11-13-21)26(25(33(5,6)7)28(35)31(37)38)34-19-22-18-23(32(2,3)4)14-15-24(22)39-8/h9-15,18,20,25-29,34H,16-17,19H2,1-8H3,(H,37,38)/t20-,25+,26+,27+,28+,29+/m1/s1. The van der Waals surface area contributed by atoms with Gasteiger partial charge in [0, 0.05) is 30.7 Å². The number of rotatable bonds is 7. The Balaban J connectivity index is 1.82. The predicted molar refractivity (Wildman–Crippen MR) is 156 cm³/mol. The van der Waals surface area contributed by atoms with E-state index in [2.05, 4.69) is 59.0 Å². The van der Waals surface area contributed by atoms with Crippen molar-refractivity contribution in [2.24, 2.45) is 17.3 Å². The van der Waals surface area contributed by atoms with Crippen molar-refractivity contribution in [2.75, 3.05) is 13.7 Å². The molecule has 7 heteroatoms. The number of carbonyl (C=O) groups is 2. The van der Waals surface area contributed by atoms with Crippen LogP contribution in [0.25, 0.3) is 0 Å². The number of aliphatic carboxylic acids is 1. The van der Waals surface area contributed by atoms with Crippen molar-refractivity contribution in [2.45, 2.75) is 91.1 Å². The fraction of sp³-hybridized carbons (Fsp3) is 0.576. The van der Waals surface area contributed by atoms with Gasteiger partial charge in [-0.25, -0.2) is 4.79 Å². The number of hydrogen-bond donors (Lipinski definition) is 2. The Morgan fingerprint density at radius 1 is 1.07 bits per heavy atom. The number of carboxylic acid groups (broad SMARTS) is 1. The van der Waals surface area contributed by atoms with Crippen LogP contribution in [-0.2, 0) is 26.3 Å². The molecular weight excluding hydrogens is 504 g/mol. The summed E-state index contributed by atoms with van der Waals surface area (Å²) in [6, 6.07) is 14.2. The third-order valence-electron chi connectivity index (χ3n) is 8.62. The molecule has 2 heterocycles. The molecule has 0 spiro atoms. The Bertz CT molecular complexity index is 1200. The highest BCUT2D eigenvalue weighted by atomic mass is 16.5. The number of nitrogens with one attached hydrogen (secondary N) is 1. The number of carboxylic acids is 1. The maximum absolute atomic E-state index is 14.2. The van der Waals surface area contributed by atoms with E-state index in [4.69, 9.17) is 9.47 Å². The van der Waals surface area contributed by atoms with Crippen LogP contribution in [0.1, 0.15) is 77.6 Å².